The fraction of sp³-hybridized carbons (Fsp3) is 0.0833. The van der Waals surface area contributed by atoms with Crippen LogP contribution < -0.4 is 5.32 Å². The Morgan fingerprint density at radius 1 is 1.53 bits per heavy atom. The van der Waals surface area contributed by atoms with Gasteiger partial charge >= 0.3 is 5.97 Å². The number of carbonyl (C=O) groups is 1. The van der Waals surface area contributed by atoms with E-state index in [1.807, 2.05) is 18.5 Å². The summed E-state index contributed by atoms with van der Waals surface area (Å²) in [5.41, 5.74) is 0.675. The minimum atomic E-state index is -0.929. The fourth-order valence-corrected chi connectivity index (χ4v) is 2.72. The van der Waals surface area contributed by atoms with Gasteiger partial charge in [0.1, 0.15) is 4.88 Å². The molecule has 5 nitrogen and oxygen atoms in total. The van der Waals surface area contributed by atoms with Crippen molar-refractivity contribution in [3.8, 4) is 6.19 Å². The number of aliphatic imine (C=N–C) groups is 1. The van der Waals surface area contributed by atoms with Gasteiger partial charge in [-0.2, -0.15) is 5.26 Å². The summed E-state index contributed by atoms with van der Waals surface area (Å²) >= 11 is 2.56. The first-order valence-electron chi connectivity index (χ1n) is 5.18. The second-order valence-electron chi connectivity index (χ2n) is 3.50. The van der Waals surface area contributed by atoms with Gasteiger partial charge < -0.3 is 5.11 Å². The van der Waals surface area contributed by atoms with Crippen molar-refractivity contribution in [2.45, 2.75) is 0 Å². The number of aromatic carboxylic acids is 1. The maximum atomic E-state index is 10.9. The molecule has 2 aromatic rings. The number of benzene rings is 1. The minimum absolute atomic E-state index is 0.302. The van der Waals surface area contributed by atoms with Gasteiger partial charge in [-0.15, -0.1) is 11.3 Å². The molecule has 0 radical (unpaired) electrons. The number of nitrogens with zero attached hydrogens (tertiary/aromatic N) is 2. The van der Waals surface area contributed by atoms with Crippen LogP contribution in [0.5, 0.6) is 0 Å². The van der Waals surface area contributed by atoms with Gasteiger partial charge in [0.05, 0.1) is 5.69 Å². The van der Waals surface area contributed by atoms with E-state index in [1.165, 1.54) is 23.1 Å². The molecule has 0 aliphatic rings. The van der Waals surface area contributed by atoms with Crippen molar-refractivity contribution in [3.63, 3.8) is 0 Å². The molecule has 0 spiro atoms. The Labute approximate surface area is 117 Å². The van der Waals surface area contributed by atoms with Gasteiger partial charge in [0, 0.05) is 4.70 Å². The summed E-state index contributed by atoms with van der Waals surface area (Å²) in [7, 11) is 0. The maximum absolute atomic E-state index is 10.9. The molecule has 0 bridgehead atoms. The Balaban J connectivity index is 2.41. The molecule has 19 heavy (non-hydrogen) atoms. The van der Waals surface area contributed by atoms with E-state index in [0.29, 0.717) is 15.7 Å². The highest BCUT2D eigenvalue weighted by Gasteiger charge is 2.08. The Morgan fingerprint density at radius 3 is 2.95 bits per heavy atom. The molecule has 1 aromatic heterocycles. The molecule has 0 saturated carbocycles. The van der Waals surface area contributed by atoms with E-state index in [0.717, 1.165) is 10.1 Å². The predicted octanol–water partition coefficient (Wildman–Crippen LogP) is 3.02. The Hall–Kier alpha value is -2.04. The van der Waals surface area contributed by atoms with Crippen LogP contribution in [-0.2, 0) is 0 Å². The SMILES string of the molecule is CSC(=Nc1ccc2sc(C(=O)O)cc2c1)NC#N. The molecule has 0 fully saturated rings. The van der Waals surface area contributed by atoms with E-state index in [1.54, 1.807) is 18.2 Å². The highest BCUT2D eigenvalue weighted by Crippen LogP contribution is 2.29. The Bertz CT molecular complexity index is 701. The molecular weight excluding hydrogens is 282 g/mol. The standard InChI is InChI=1S/C12H9N3O2S2/c1-18-12(14-6-13)15-8-2-3-9-7(4-8)5-10(19-9)11(16)17/h2-5H,1H3,(H,14,15)(H,16,17). The van der Waals surface area contributed by atoms with Crippen LogP contribution in [0.4, 0.5) is 5.69 Å². The van der Waals surface area contributed by atoms with Crippen molar-refractivity contribution in [3.05, 3.63) is 29.1 Å². The van der Waals surface area contributed by atoms with Gasteiger partial charge in [0.2, 0.25) is 0 Å². The second-order valence-corrected chi connectivity index (χ2v) is 5.37. The van der Waals surface area contributed by atoms with Gasteiger partial charge in [-0.1, -0.05) is 11.8 Å². The zero-order valence-electron chi connectivity index (χ0n) is 9.88. The lowest BCUT2D eigenvalue weighted by molar-refractivity contribution is 0.0702. The Kier molecular flexibility index (Phi) is 4.04. The molecule has 2 rings (SSSR count). The van der Waals surface area contributed by atoms with E-state index < -0.39 is 5.97 Å². The van der Waals surface area contributed by atoms with Crippen molar-refractivity contribution in [1.82, 2.24) is 5.32 Å². The second kappa shape index (κ2) is 5.73. The van der Waals surface area contributed by atoms with Crippen molar-refractivity contribution in [1.29, 1.82) is 5.26 Å². The number of thiophene rings is 1. The summed E-state index contributed by atoms with van der Waals surface area (Å²) in [4.78, 5) is 15.5. The molecule has 0 saturated heterocycles. The van der Waals surface area contributed by atoms with Crippen molar-refractivity contribution < 1.29 is 9.90 Å². The van der Waals surface area contributed by atoms with E-state index in [-0.39, 0.29) is 0 Å². The summed E-state index contributed by atoms with van der Waals surface area (Å²) in [6.45, 7) is 0. The van der Waals surface area contributed by atoms with Crippen molar-refractivity contribution in [2.24, 2.45) is 4.99 Å². The van der Waals surface area contributed by atoms with Gasteiger partial charge in [-0.3, -0.25) is 5.32 Å². The lowest BCUT2D eigenvalue weighted by Crippen LogP contribution is -2.12. The van der Waals surface area contributed by atoms with Gasteiger partial charge in [-0.25, -0.2) is 9.79 Å². The number of rotatable bonds is 2. The van der Waals surface area contributed by atoms with Crippen LogP contribution in [-0.4, -0.2) is 22.5 Å². The maximum Gasteiger partial charge on any atom is 0.345 e. The number of carboxylic acids is 1. The number of hydrogen-bond donors (Lipinski definition) is 2. The first-order chi connectivity index (χ1) is 9.13. The third-order valence-corrected chi connectivity index (χ3v) is 3.98. The average molecular weight is 291 g/mol. The summed E-state index contributed by atoms with van der Waals surface area (Å²) in [6, 6.07) is 7.04. The third-order valence-electron chi connectivity index (χ3n) is 2.30. The monoisotopic (exact) mass is 291 g/mol. The highest BCUT2D eigenvalue weighted by molar-refractivity contribution is 8.13. The van der Waals surface area contributed by atoms with Gasteiger partial charge in [0.15, 0.2) is 11.4 Å². The van der Waals surface area contributed by atoms with Gasteiger partial charge in [-0.05, 0) is 35.9 Å². The number of thioether (sulfide) groups is 1. The molecule has 2 N–H and O–H groups in total. The number of nitrogens with one attached hydrogen (secondary N) is 1. The summed E-state index contributed by atoms with van der Waals surface area (Å²) in [5.74, 6) is -0.929. The quantitative estimate of drug-likeness (QED) is 0.384. The zero-order chi connectivity index (χ0) is 13.8. The topological polar surface area (TPSA) is 85.5 Å². The molecule has 7 heteroatoms. The zero-order valence-corrected chi connectivity index (χ0v) is 11.5. The molecule has 96 valence electrons. The largest absolute Gasteiger partial charge is 0.477 e. The van der Waals surface area contributed by atoms with Crippen LogP contribution >= 0.6 is 23.1 Å². The molecule has 0 amide bonds. The lowest BCUT2D eigenvalue weighted by atomic mass is 10.2. The van der Waals surface area contributed by atoms with E-state index in [9.17, 15) is 4.79 Å². The summed E-state index contributed by atoms with van der Waals surface area (Å²) in [5, 5.41) is 21.3. The number of amidine groups is 1. The van der Waals surface area contributed by atoms with E-state index in [4.69, 9.17) is 10.4 Å². The van der Waals surface area contributed by atoms with Gasteiger partial charge in [0.25, 0.3) is 0 Å². The molecule has 0 unspecified atom stereocenters. The molecule has 0 aliphatic heterocycles. The number of fused-ring (bicyclic) bond motifs is 1. The summed E-state index contributed by atoms with van der Waals surface area (Å²) in [6.07, 6.45) is 3.63. The van der Waals surface area contributed by atoms with E-state index in [2.05, 4.69) is 10.3 Å². The Morgan fingerprint density at radius 2 is 2.32 bits per heavy atom. The normalized spacial score (nSPS) is 11.3. The van der Waals surface area contributed by atoms with Crippen molar-refractivity contribution >= 4 is 50.0 Å². The van der Waals surface area contributed by atoms with Crippen LogP contribution in [0.1, 0.15) is 9.67 Å². The minimum Gasteiger partial charge on any atom is -0.477 e. The highest BCUT2D eigenvalue weighted by atomic mass is 32.2. The molecule has 1 aromatic carbocycles. The number of nitriles is 1. The first-order valence-corrected chi connectivity index (χ1v) is 7.23. The fourth-order valence-electron chi connectivity index (χ4n) is 1.50. The van der Waals surface area contributed by atoms with Crippen LogP contribution in [0.15, 0.2) is 29.3 Å². The predicted molar refractivity (Wildman–Crippen MR) is 78.1 cm³/mol. The summed E-state index contributed by atoms with van der Waals surface area (Å²) < 4.78 is 0.898. The average Bonchev–Trinajstić information content (AvgIpc) is 2.81. The van der Waals surface area contributed by atoms with E-state index >= 15 is 0 Å². The van der Waals surface area contributed by atoms with Crippen LogP contribution in [0, 0.1) is 11.5 Å². The number of carboxylic acid groups (broad SMARTS) is 1. The van der Waals surface area contributed by atoms with Crippen LogP contribution in [0.2, 0.25) is 0 Å². The molecular formula is C12H9N3O2S2. The number of hydrogen-bond acceptors (Lipinski definition) is 5. The molecule has 0 aliphatic carbocycles. The molecule has 1 heterocycles. The van der Waals surface area contributed by atoms with Crippen LogP contribution in [0.25, 0.3) is 10.1 Å². The van der Waals surface area contributed by atoms with Crippen LogP contribution in [0.3, 0.4) is 0 Å². The first kappa shape index (κ1) is 13.4. The van der Waals surface area contributed by atoms with Crippen molar-refractivity contribution in [2.75, 3.05) is 6.26 Å². The lowest BCUT2D eigenvalue weighted by Gasteiger charge is -1.99. The molecule has 0 atom stereocenters. The third kappa shape index (κ3) is 3.05. The smallest absolute Gasteiger partial charge is 0.345 e.